The molecule has 1 rings (SSSR count). The van der Waals surface area contributed by atoms with E-state index in [4.69, 9.17) is 4.84 Å². The van der Waals surface area contributed by atoms with Crippen LogP contribution in [0.3, 0.4) is 0 Å². The number of aryl methyl sites for hydroxylation is 1. The van der Waals surface area contributed by atoms with Gasteiger partial charge < -0.3 is 4.84 Å². The highest BCUT2D eigenvalue weighted by molar-refractivity contribution is 7.91. The number of nitrogens with zero attached hydrogens (tertiary/aromatic N) is 1. The van der Waals surface area contributed by atoms with Crippen LogP contribution in [-0.4, -0.2) is 26.5 Å². The summed E-state index contributed by atoms with van der Waals surface area (Å²) in [5.41, 5.74) is 1.46. The number of hydrogen-bond donors (Lipinski definition) is 0. The second-order valence-electron chi connectivity index (χ2n) is 4.32. The van der Waals surface area contributed by atoms with Gasteiger partial charge in [0.2, 0.25) is 0 Å². The summed E-state index contributed by atoms with van der Waals surface area (Å²) >= 11 is 0. The van der Waals surface area contributed by atoms with E-state index < -0.39 is 9.84 Å². The molecule has 0 aliphatic heterocycles. The summed E-state index contributed by atoms with van der Waals surface area (Å²) in [6.45, 7) is 7.17. The molecule has 0 atom stereocenters. The van der Waals surface area contributed by atoms with Crippen LogP contribution >= 0.6 is 0 Å². The first kappa shape index (κ1) is 14.7. The van der Waals surface area contributed by atoms with Gasteiger partial charge >= 0.3 is 0 Å². The maximum Gasteiger partial charge on any atom is 0.178 e. The predicted octanol–water partition coefficient (Wildman–Crippen LogP) is 2.55. The van der Waals surface area contributed by atoms with Crippen molar-refractivity contribution in [2.45, 2.75) is 38.7 Å². The van der Waals surface area contributed by atoms with E-state index in [9.17, 15) is 8.42 Å². The monoisotopic (exact) mass is 269 g/mol. The average molecular weight is 269 g/mol. The fourth-order valence-electron chi connectivity index (χ4n) is 1.40. The van der Waals surface area contributed by atoms with Crippen LogP contribution in [0.15, 0.2) is 28.3 Å². The van der Waals surface area contributed by atoms with E-state index in [2.05, 4.69) is 5.16 Å². The van der Waals surface area contributed by atoms with Crippen molar-refractivity contribution >= 4 is 16.1 Å². The zero-order valence-electron chi connectivity index (χ0n) is 11.2. The normalized spacial score (nSPS) is 12.3. The summed E-state index contributed by atoms with van der Waals surface area (Å²) in [7, 11) is -3.20. The molecule has 0 aliphatic rings. The molecule has 0 spiro atoms. The van der Waals surface area contributed by atoms with Gasteiger partial charge in [0.15, 0.2) is 9.84 Å². The molecule has 0 saturated carbocycles. The molecule has 0 aromatic heterocycles. The Labute approximate surface area is 109 Å². The molecule has 4 nitrogen and oxygen atoms in total. The standard InChI is InChI=1S/C13H19NO3S/c1-5-18(15,16)13-8-12(7-6-11(13)4)9-14-17-10(2)3/h6-10H,5H2,1-4H3/b14-9+. The molecule has 0 heterocycles. The van der Waals surface area contributed by atoms with Crippen molar-refractivity contribution < 1.29 is 13.3 Å². The van der Waals surface area contributed by atoms with Crippen LogP contribution in [0.25, 0.3) is 0 Å². The molecule has 0 saturated heterocycles. The van der Waals surface area contributed by atoms with Gasteiger partial charge in [-0.25, -0.2) is 8.42 Å². The summed E-state index contributed by atoms with van der Waals surface area (Å²) in [5.74, 6) is 0.0942. The van der Waals surface area contributed by atoms with E-state index in [1.165, 1.54) is 6.21 Å². The number of hydrogen-bond acceptors (Lipinski definition) is 4. The minimum atomic E-state index is -3.20. The van der Waals surface area contributed by atoms with Crippen LogP contribution in [0, 0.1) is 6.92 Å². The highest BCUT2D eigenvalue weighted by Crippen LogP contribution is 2.17. The molecule has 0 unspecified atom stereocenters. The molecule has 1 aromatic rings. The lowest BCUT2D eigenvalue weighted by Gasteiger charge is -2.06. The number of oxime groups is 1. The third-order valence-corrected chi connectivity index (χ3v) is 4.27. The summed E-state index contributed by atoms with van der Waals surface area (Å²) in [4.78, 5) is 5.41. The van der Waals surface area contributed by atoms with Gasteiger partial charge in [-0.15, -0.1) is 0 Å². The fraction of sp³-hybridized carbons (Fsp3) is 0.462. The van der Waals surface area contributed by atoms with Crippen molar-refractivity contribution in [1.29, 1.82) is 0 Å². The zero-order valence-corrected chi connectivity index (χ0v) is 12.0. The Balaban J connectivity index is 3.06. The molecule has 18 heavy (non-hydrogen) atoms. The Morgan fingerprint density at radius 1 is 1.39 bits per heavy atom. The lowest BCUT2D eigenvalue weighted by molar-refractivity contribution is 0.0873. The predicted molar refractivity (Wildman–Crippen MR) is 72.7 cm³/mol. The van der Waals surface area contributed by atoms with E-state index in [0.29, 0.717) is 10.5 Å². The van der Waals surface area contributed by atoms with Crippen LogP contribution in [0.4, 0.5) is 0 Å². The number of rotatable bonds is 5. The van der Waals surface area contributed by atoms with Gasteiger partial charge in [-0.3, -0.25) is 0 Å². The van der Waals surface area contributed by atoms with E-state index in [1.807, 2.05) is 19.9 Å². The largest absolute Gasteiger partial charge is 0.393 e. The van der Waals surface area contributed by atoms with E-state index in [-0.39, 0.29) is 11.9 Å². The molecular formula is C13H19NO3S. The van der Waals surface area contributed by atoms with Crippen LogP contribution in [0.2, 0.25) is 0 Å². The average Bonchev–Trinajstić information content (AvgIpc) is 2.30. The molecule has 0 radical (unpaired) electrons. The van der Waals surface area contributed by atoms with Gasteiger partial charge in [0.1, 0.15) is 6.10 Å². The molecule has 0 fully saturated rings. The maximum absolute atomic E-state index is 11.9. The Morgan fingerprint density at radius 3 is 2.61 bits per heavy atom. The van der Waals surface area contributed by atoms with Gasteiger partial charge in [-0.05, 0) is 38.0 Å². The smallest absolute Gasteiger partial charge is 0.178 e. The van der Waals surface area contributed by atoms with Crippen LogP contribution < -0.4 is 0 Å². The van der Waals surface area contributed by atoms with Gasteiger partial charge in [0, 0.05) is 0 Å². The summed E-state index contributed by atoms with van der Waals surface area (Å²) in [5, 5.41) is 3.80. The second kappa shape index (κ2) is 6.00. The highest BCUT2D eigenvalue weighted by Gasteiger charge is 2.14. The third-order valence-electron chi connectivity index (χ3n) is 2.40. The lowest BCUT2D eigenvalue weighted by atomic mass is 10.2. The first-order valence-electron chi connectivity index (χ1n) is 5.89. The van der Waals surface area contributed by atoms with Gasteiger partial charge in [-0.2, -0.15) is 0 Å². The van der Waals surface area contributed by atoms with Crippen molar-refractivity contribution in [2.24, 2.45) is 5.16 Å². The summed E-state index contributed by atoms with van der Waals surface area (Å²) in [6, 6.07) is 5.22. The van der Waals surface area contributed by atoms with Crippen LogP contribution in [-0.2, 0) is 14.7 Å². The minimum absolute atomic E-state index is 0.00513. The second-order valence-corrected chi connectivity index (χ2v) is 6.56. The number of sulfone groups is 1. The highest BCUT2D eigenvalue weighted by atomic mass is 32.2. The van der Waals surface area contributed by atoms with E-state index in [1.54, 1.807) is 26.0 Å². The Hall–Kier alpha value is -1.36. The molecule has 0 N–H and O–H groups in total. The minimum Gasteiger partial charge on any atom is -0.393 e. The van der Waals surface area contributed by atoms with Crippen LogP contribution in [0.5, 0.6) is 0 Å². The first-order valence-corrected chi connectivity index (χ1v) is 7.54. The van der Waals surface area contributed by atoms with Gasteiger partial charge in [0.25, 0.3) is 0 Å². The molecular weight excluding hydrogens is 250 g/mol. The molecule has 0 amide bonds. The van der Waals surface area contributed by atoms with Crippen molar-refractivity contribution in [3.63, 3.8) is 0 Å². The van der Waals surface area contributed by atoms with E-state index in [0.717, 1.165) is 5.56 Å². The third kappa shape index (κ3) is 3.84. The van der Waals surface area contributed by atoms with Crippen molar-refractivity contribution in [3.05, 3.63) is 29.3 Å². The van der Waals surface area contributed by atoms with Gasteiger partial charge in [0.05, 0.1) is 16.9 Å². The van der Waals surface area contributed by atoms with Crippen molar-refractivity contribution in [1.82, 2.24) is 0 Å². The SMILES string of the molecule is CCS(=O)(=O)c1cc(/C=N/OC(C)C)ccc1C. The topological polar surface area (TPSA) is 55.7 Å². The molecule has 100 valence electrons. The van der Waals surface area contributed by atoms with Crippen molar-refractivity contribution in [2.75, 3.05) is 5.75 Å². The van der Waals surface area contributed by atoms with Crippen LogP contribution in [0.1, 0.15) is 31.9 Å². The molecule has 0 bridgehead atoms. The lowest BCUT2D eigenvalue weighted by Crippen LogP contribution is -2.06. The maximum atomic E-state index is 11.9. The Kier molecular flexibility index (Phi) is 4.90. The van der Waals surface area contributed by atoms with Crippen molar-refractivity contribution in [3.8, 4) is 0 Å². The van der Waals surface area contributed by atoms with E-state index >= 15 is 0 Å². The quantitative estimate of drug-likeness (QED) is 0.609. The molecule has 0 aliphatic carbocycles. The summed E-state index contributed by atoms with van der Waals surface area (Å²) < 4.78 is 23.8. The van der Waals surface area contributed by atoms with Gasteiger partial charge in [-0.1, -0.05) is 24.2 Å². The molecule has 1 aromatic carbocycles. The number of benzene rings is 1. The zero-order chi connectivity index (χ0) is 13.8. The summed E-state index contributed by atoms with van der Waals surface area (Å²) in [6.07, 6.45) is 1.53. The Bertz CT molecular complexity index is 533. The fourth-order valence-corrected chi connectivity index (χ4v) is 2.59. The first-order chi connectivity index (χ1) is 8.36. The molecule has 5 heteroatoms. The Morgan fingerprint density at radius 2 is 2.06 bits per heavy atom.